The van der Waals surface area contributed by atoms with Crippen molar-refractivity contribution >= 4 is 34.5 Å². The summed E-state index contributed by atoms with van der Waals surface area (Å²) in [7, 11) is 0. The van der Waals surface area contributed by atoms with E-state index in [4.69, 9.17) is 23.2 Å². The Labute approximate surface area is 133 Å². The highest BCUT2D eigenvalue weighted by Crippen LogP contribution is 2.32. The molecule has 0 aliphatic carbocycles. The summed E-state index contributed by atoms with van der Waals surface area (Å²) in [6.07, 6.45) is -0.328. The molecule has 0 amide bonds. The maximum atomic E-state index is 10.3. The minimum Gasteiger partial charge on any atom is -0.386 e. The van der Waals surface area contributed by atoms with Crippen molar-refractivity contribution in [1.29, 1.82) is 0 Å². The lowest BCUT2D eigenvalue weighted by molar-refractivity contribution is 0.174. The van der Waals surface area contributed by atoms with Crippen LogP contribution in [0.5, 0.6) is 0 Å². The van der Waals surface area contributed by atoms with Crippen molar-refractivity contribution in [2.75, 3.05) is 0 Å². The molecule has 2 aromatic rings. The zero-order valence-corrected chi connectivity index (χ0v) is 14.0. The van der Waals surface area contributed by atoms with Crippen LogP contribution in [0.15, 0.2) is 23.6 Å². The first-order chi connectivity index (χ1) is 9.29. The molecule has 0 spiro atoms. The molecule has 20 heavy (non-hydrogen) atoms. The Morgan fingerprint density at radius 2 is 1.85 bits per heavy atom. The minimum atomic E-state index is -0.695. The smallest absolute Gasteiger partial charge is 0.101 e. The van der Waals surface area contributed by atoms with Gasteiger partial charge >= 0.3 is 0 Å². The van der Waals surface area contributed by atoms with Gasteiger partial charge in [-0.05, 0) is 17.7 Å². The Hall–Kier alpha value is -0.610. The van der Waals surface area contributed by atoms with Crippen LogP contribution in [0.3, 0.4) is 0 Å². The summed E-state index contributed by atoms with van der Waals surface area (Å²) < 4.78 is 0. The summed E-state index contributed by atoms with van der Waals surface area (Å²) in [5.41, 5.74) is 1.43. The number of aromatic nitrogens is 1. The number of halogens is 2. The van der Waals surface area contributed by atoms with Gasteiger partial charge in [-0.1, -0.05) is 50.0 Å². The van der Waals surface area contributed by atoms with Crippen molar-refractivity contribution in [1.82, 2.24) is 4.98 Å². The fourth-order valence-corrected chi connectivity index (χ4v) is 3.31. The monoisotopic (exact) mass is 329 g/mol. The molecule has 0 fully saturated rings. The van der Waals surface area contributed by atoms with Crippen LogP contribution in [0.25, 0.3) is 0 Å². The van der Waals surface area contributed by atoms with E-state index in [1.165, 1.54) is 0 Å². The van der Waals surface area contributed by atoms with E-state index in [-0.39, 0.29) is 5.41 Å². The van der Waals surface area contributed by atoms with E-state index >= 15 is 0 Å². The number of nitrogens with zero attached hydrogens (tertiary/aromatic N) is 1. The molecule has 108 valence electrons. The fourth-order valence-electron chi connectivity index (χ4n) is 1.81. The third-order valence-electron chi connectivity index (χ3n) is 2.96. The van der Waals surface area contributed by atoms with Crippen LogP contribution in [0.1, 0.15) is 43.1 Å². The van der Waals surface area contributed by atoms with E-state index in [0.717, 1.165) is 10.6 Å². The molecule has 2 rings (SSSR count). The Bertz CT molecular complexity index is 584. The molecular weight excluding hydrogens is 313 g/mol. The number of hydrogen-bond acceptors (Lipinski definition) is 3. The van der Waals surface area contributed by atoms with Gasteiger partial charge in [0.2, 0.25) is 0 Å². The van der Waals surface area contributed by atoms with Crippen LogP contribution in [0, 0.1) is 0 Å². The molecule has 0 saturated heterocycles. The molecule has 1 atom stereocenters. The van der Waals surface area contributed by atoms with Crippen molar-refractivity contribution in [3.05, 3.63) is 49.9 Å². The van der Waals surface area contributed by atoms with E-state index in [1.54, 1.807) is 29.5 Å². The zero-order chi connectivity index (χ0) is 14.9. The predicted octanol–water partition coefficient (Wildman–Crippen LogP) is 5.02. The third kappa shape index (κ3) is 3.53. The number of benzene rings is 1. The van der Waals surface area contributed by atoms with Crippen molar-refractivity contribution in [3.8, 4) is 0 Å². The lowest BCUT2D eigenvalue weighted by atomic mass is 9.98. The van der Waals surface area contributed by atoms with Gasteiger partial charge in [-0.3, -0.25) is 0 Å². The Morgan fingerprint density at radius 3 is 2.35 bits per heavy atom. The van der Waals surface area contributed by atoms with Crippen LogP contribution in [0.2, 0.25) is 10.0 Å². The van der Waals surface area contributed by atoms with Crippen molar-refractivity contribution < 1.29 is 5.11 Å². The highest BCUT2D eigenvalue weighted by molar-refractivity contribution is 7.09. The highest BCUT2D eigenvalue weighted by atomic mass is 35.5. The second-order valence-electron chi connectivity index (χ2n) is 5.75. The summed E-state index contributed by atoms with van der Waals surface area (Å²) in [6, 6.07) is 5.34. The molecule has 0 radical (unpaired) electrons. The standard InChI is InChI=1S/C15H17Cl2NOS/c1-15(2,3)14-18-12(8-20-14)13(19)7-9-10(16)5-4-6-11(9)17/h4-6,8,13,19H,7H2,1-3H3. The SMILES string of the molecule is CC(C)(C)c1nc(C(O)Cc2c(Cl)cccc2Cl)cs1. The summed E-state index contributed by atoms with van der Waals surface area (Å²) in [5, 5.41) is 14.4. The topological polar surface area (TPSA) is 33.1 Å². The Balaban J connectivity index is 2.20. The lowest BCUT2D eigenvalue weighted by Gasteiger charge is -2.14. The molecule has 0 aliphatic heterocycles. The van der Waals surface area contributed by atoms with Crippen LogP contribution in [-0.2, 0) is 11.8 Å². The second kappa shape index (κ2) is 6.02. The molecule has 1 aromatic heterocycles. The highest BCUT2D eigenvalue weighted by Gasteiger charge is 2.21. The molecule has 0 bridgehead atoms. The van der Waals surface area contributed by atoms with Crippen molar-refractivity contribution in [2.45, 2.75) is 38.7 Å². The number of rotatable bonds is 3. The molecule has 1 aromatic carbocycles. The molecule has 2 nitrogen and oxygen atoms in total. The molecule has 5 heteroatoms. The van der Waals surface area contributed by atoms with Gasteiger partial charge in [0, 0.05) is 27.3 Å². The molecule has 1 heterocycles. The van der Waals surface area contributed by atoms with E-state index in [0.29, 0.717) is 22.2 Å². The van der Waals surface area contributed by atoms with Gasteiger partial charge in [0.05, 0.1) is 10.7 Å². The maximum Gasteiger partial charge on any atom is 0.101 e. The van der Waals surface area contributed by atoms with Gasteiger partial charge in [0.25, 0.3) is 0 Å². The second-order valence-corrected chi connectivity index (χ2v) is 7.42. The van der Waals surface area contributed by atoms with E-state index in [9.17, 15) is 5.11 Å². The average Bonchev–Trinajstić information content (AvgIpc) is 2.83. The number of thiazole rings is 1. The molecule has 1 unspecified atom stereocenters. The Kier molecular flexibility index (Phi) is 4.75. The van der Waals surface area contributed by atoms with Crippen LogP contribution in [0.4, 0.5) is 0 Å². The molecule has 1 N–H and O–H groups in total. The normalized spacial score (nSPS) is 13.5. The van der Waals surface area contributed by atoms with Gasteiger partial charge in [0.1, 0.15) is 6.10 Å². The first kappa shape index (κ1) is 15.8. The van der Waals surface area contributed by atoms with Crippen molar-refractivity contribution in [2.24, 2.45) is 0 Å². The predicted molar refractivity (Wildman–Crippen MR) is 85.9 cm³/mol. The number of hydrogen-bond donors (Lipinski definition) is 1. The Morgan fingerprint density at radius 1 is 1.25 bits per heavy atom. The average molecular weight is 330 g/mol. The summed E-state index contributed by atoms with van der Waals surface area (Å²) in [4.78, 5) is 4.52. The number of aliphatic hydroxyl groups is 1. The largest absolute Gasteiger partial charge is 0.386 e. The quantitative estimate of drug-likeness (QED) is 0.857. The third-order valence-corrected chi connectivity index (χ3v) is 4.96. The van der Waals surface area contributed by atoms with Gasteiger partial charge in [-0.2, -0.15) is 0 Å². The van der Waals surface area contributed by atoms with Crippen LogP contribution < -0.4 is 0 Å². The van der Waals surface area contributed by atoms with Gasteiger partial charge in [0.15, 0.2) is 0 Å². The minimum absolute atomic E-state index is 0.00925. The molecule has 0 aliphatic rings. The summed E-state index contributed by atoms with van der Waals surface area (Å²) in [5.74, 6) is 0. The van der Waals surface area contributed by atoms with Crippen LogP contribution in [-0.4, -0.2) is 10.1 Å². The fraction of sp³-hybridized carbons (Fsp3) is 0.400. The molecule has 0 saturated carbocycles. The van der Waals surface area contributed by atoms with E-state index < -0.39 is 6.10 Å². The van der Waals surface area contributed by atoms with E-state index in [2.05, 4.69) is 25.8 Å². The number of aliphatic hydroxyl groups excluding tert-OH is 1. The first-order valence-corrected chi connectivity index (χ1v) is 7.99. The van der Waals surface area contributed by atoms with Gasteiger partial charge in [-0.25, -0.2) is 4.98 Å². The summed E-state index contributed by atoms with van der Waals surface area (Å²) >= 11 is 13.8. The van der Waals surface area contributed by atoms with E-state index in [1.807, 2.05) is 5.38 Å². The maximum absolute atomic E-state index is 10.3. The lowest BCUT2D eigenvalue weighted by Crippen LogP contribution is -2.11. The summed E-state index contributed by atoms with van der Waals surface area (Å²) in [6.45, 7) is 6.31. The van der Waals surface area contributed by atoms with Crippen LogP contribution >= 0.6 is 34.5 Å². The molecular formula is C15H17Cl2NOS. The zero-order valence-electron chi connectivity index (χ0n) is 11.7. The first-order valence-electron chi connectivity index (χ1n) is 6.36. The van der Waals surface area contributed by atoms with Gasteiger partial charge < -0.3 is 5.11 Å². The van der Waals surface area contributed by atoms with Crippen molar-refractivity contribution in [3.63, 3.8) is 0 Å². The van der Waals surface area contributed by atoms with Gasteiger partial charge in [-0.15, -0.1) is 11.3 Å².